The first kappa shape index (κ1) is 12.7. The molecule has 0 aromatic carbocycles. The molecular weight excluding hydrogens is 264 g/mol. The number of anilines is 1. The van der Waals surface area contributed by atoms with E-state index in [2.05, 4.69) is 21.7 Å². The van der Waals surface area contributed by atoms with Gasteiger partial charge in [0.1, 0.15) is 5.69 Å². The molecule has 0 saturated carbocycles. The first-order valence-electron chi connectivity index (χ1n) is 6.40. The fraction of sp³-hybridized carbons (Fsp3) is 0.500. The van der Waals surface area contributed by atoms with Crippen molar-refractivity contribution < 1.29 is 9.47 Å². The number of halogens is 1. The van der Waals surface area contributed by atoms with Crippen LogP contribution in [-0.4, -0.2) is 44.5 Å². The Hall–Kier alpha value is -1.28. The first-order valence-corrected chi connectivity index (χ1v) is 6.78. The SMILES string of the molecule is Clc1cnc(C#CC2COC2)c(N2CCOCC2)c1. The molecule has 0 bridgehead atoms. The van der Waals surface area contributed by atoms with E-state index in [1.165, 1.54) is 0 Å². The molecule has 0 atom stereocenters. The third-order valence-electron chi connectivity index (χ3n) is 3.22. The Bertz CT molecular complexity index is 514. The third kappa shape index (κ3) is 3.01. The van der Waals surface area contributed by atoms with Gasteiger partial charge in [-0.1, -0.05) is 17.5 Å². The van der Waals surface area contributed by atoms with Crippen LogP contribution >= 0.6 is 11.6 Å². The van der Waals surface area contributed by atoms with E-state index in [1.807, 2.05) is 6.07 Å². The average Bonchev–Trinajstić information content (AvgIpc) is 2.39. The minimum absolute atomic E-state index is 0.343. The number of pyridine rings is 1. The maximum atomic E-state index is 6.05. The Kier molecular flexibility index (Phi) is 3.88. The van der Waals surface area contributed by atoms with Crippen LogP contribution in [0.25, 0.3) is 0 Å². The maximum absolute atomic E-state index is 6.05. The van der Waals surface area contributed by atoms with Gasteiger partial charge < -0.3 is 14.4 Å². The number of nitrogens with zero attached hydrogens (tertiary/aromatic N) is 2. The summed E-state index contributed by atoms with van der Waals surface area (Å²) in [5.74, 6) is 6.70. The van der Waals surface area contributed by atoms with E-state index < -0.39 is 0 Å². The molecule has 0 aliphatic carbocycles. The van der Waals surface area contributed by atoms with Gasteiger partial charge in [0.2, 0.25) is 0 Å². The highest BCUT2D eigenvalue weighted by atomic mass is 35.5. The molecule has 0 amide bonds. The van der Waals surface area contributed by atoms with Crippen LogP contribution in [0.4, 0.5) is 5.69 Å². The average molecular weight is 279 g/mol. The Morgan fingerprint density at radius 2 is 2.05 bits per heavy atom. The fourth-order valence-corrected chi connectivity index (χ4v) is 2.21. The van der Waals surface area contributed by atoms with Crippen LogP contribution in [0.15, 0.2) is 12.3 Å². The van der Waals surface area contributed by atoms with Gasteiger partial charge >= 0.3 is 0 Å². The van der Waals surface area contributed by atoms with Crippen LogP contribution in [0.3, 0.4) is 0 Å². The van der Waals surface area contributed by atoms with E-state index in [9.17, 15) is 0 Å². The summed E-state index contributed by atoms with van der Waals surface area (Å²) in [5, 5.41) is 0.638. The number of hydrogen-bond acceptors (Lipinski definition) is 4. The first-order chi connectivity index (χ1) is 9.33. The van der Waals surface area contributed by atoms with Crippen molar-refractivity contribution in [3.63, 3.8) is 0 Å². The monoisotopic (exact) mass is 278 g/mol. The lowest BCUT2D eigenvalue weighted by Crippen LogP contribution is -2.36. The zero-order valence-electron chi connectivity index (χ0n) is 10.6. The van der Waals surface area contributed by atoms with Crippen molar-refractivity contribution in [3.8, 4) is 11.8 Å². The summed E-state index contributed by atoms with van der Waals surface area (Å²) < 4.78 is 10.5. The normalized spacial score (nSPS) is 19.5. The van der Waals surface area contributed by atoms with Gasteiger partial charge in [0.15, 0.2) is 0 Å². The lowest BCUT2D eigenvalue weighted by molar-refractivity contribution is -0.00300. The largest absolute Gasteiger partial charge is 0.379 e. The topological polar surface area (TPSA) is 34.6 Å². The quantitative estimate of drug-likeness (QED) is 0.731. The van der Waals surface area contributed by atoms with Gasteiger partial charge in [-0.25, -0.2) is 4.98 Å². The molecule has 1 aromatic rings. The lowest BCUT2D eigenvalue weighted by Gasteiger charge is -2.29. The molecular formula is C14H15ClN2O2. The van der Waals surface area contributed by atoms with Gasteiger partial charge in [0.25, 0.3) is 0 Å². The lowest BCUT2D eigenvalue weighted by atomic mass is 10.1. The Morgan fingerprint density at radius 3 is 2.74 bits per heavy atom. The summed E-state index contributed by atoms with van der Waals surface area (Å²) in [6, 6.07) is 1.93. The van der Waals surface area contributed by atoms with Crippen molar-refractivity contribution in [2.45, 2.75) is 0 Å². The minimum Gasteiger partial charge on any atom is -0.379 e. The number of aromatic nitrogens is 1. The molecule has 2 aliphatic heterocycles. The van der Waals surface area contributed by atoms with Crippen molar-refractivity contribution in [1.82, 2.24) is 4.98 Å². The molecule has 0 unspecified atom stereocenters. The van der Waals surface area contributed by atoms with Gasteiger partial charge in [0, 0.05) is 19.3 Å². The van der Waals surface area contributed by atoms with Gasteiger partial charge in [-0.3, -0.25) is 0 Å². The number of hydrogen-bond donors (Lipinski definition) is 0. The minimum atomic E-state index is 0.343. The van der Waals surface area contributed by atoms with Crippen LogP contribution in [-0.2, 0) is 9.47 Å². The number of morpholine rings is 1. The molecule has 19 heavy (non-hydrogen) atoms. The molecule has 2 fully saturated rings. The molecule has 2 saturated heterocycles. The van der Waals surface area contributed by atoms with E-state index in [-0.39, 0.29) is 0 Å². The molecule has 0 spiro atoms. The number of rotatable bonds is 1. The molecule has 2 aliphatic rings. The molecule has 3 heterocycles. The second-order valence-electron chi connectivity index (χ2n) is 4.62. The Labute approximate surface area is 117 Å². The predicted octanol–water partition coefficient (Wildman–Crippen LogP) is 1.57. The van der Waals surface area contributed by atoms with Crippen LogP contribution in [0.1, 0.15) is 5.69 Å². The fourth-order valence-electron chi connectivity index (χ4n) is 2.06. The predicted molar refractivity (Wildman–Crippen MR) is 73.5 cm³/mol. The summed E-state index contributed by atoms with van der Waals surface area (Å²) in [6.45, 7) is 4.62. The highest BCUT2D eigenvalue weighted by Gasteiger charge is 2.17. The van der Waals surface area contributed by atoms with Gasteiger partial charge in [-0.05, 0) is 12.0 Å². The molecule has 5 heteroatoms. The van der Waals surface area contributed by atoms with E-state index in [4.69, 9.17) is 21.1 Å². The molecule has 3 rings (SSSR count). The van der Waals surface area contributed by atoms with Crippen LogP contribution in [0, 0.1) is 17.8 Å². The van der Waals surface area contributed by atoms with Gasteiger partial charge in [-0.2, -0.15) is 0 Å². The van der Waals surface area contributed by atoms with E-state index in [0.717, 1.165) is 50.9 Å². The zero-order chi connectivity index (χ0) is 13.1. The van der Waals surface area contributed by atoms with E-state index in [1.54, 1.807) is 6.20 Å². The molecule has 100 valence electrons. The van der Waals surface area contributed by atoms with Crippen molar-refractivity contribution in [3.05, 3.63) is 23.0 Å². The van der Waals surface area contributed by atoms with Crippen molar-refractivity contribution in [2.75, 3.05) is 44.4 Å². The second kappa shape index (κ2) is 5.79. The maximum Gasteiger partial charge on any atom is 0.136 e. The van der Waals surface area contributed by atoms with E-state index in [0.29, 0.717) is 10.9 Å². The summed E-state index contributed by atoms with van der Waals surface area (Å²) in [4.78, 5) is 6.58. The molecule has 0 radical (unpaired) electrons. The number of ether oxygens (including phenoxy) is 2. The zero-order valence-corrected chi connectivity index (χ0v) is 11.3. The van der Waals surface area contributed by atoms with Gasteiger partial charge in [0.05, 0.1) is 43.1 Å². The van der Waals surface area contributed by atoms with Crippen molar-refractivity contribution in [2.24, 2.45) is 5.92 Å². The smallest absolute Gasteiger partial charge is 0.136 e. The summed E-state index contributed by atoms with van der Waals surface area (Å²) in [7, 11) is 0. The van der Waals surface area contributed by atoms with E-state index >= 15 is 0 Å². The summed E-state index contributed by atoms with van der Waals surface area (Å²) >= 11 is 6.05. The Balaban J connectivity index is 1.86. The standard InChI is InChI=1S/C14H15ClN2O2/c15-12-7-14(17-3-5-18-6-4-17)13(16-8-12)2-1-11-9-19-10-11/h7-8,11H,3-6,9-10H2. The Morgan fingerprint density at radius 1 is 1.26 bits per heavy atom. The summed E-state index contributed by atoms with van der Waals surface area (Å²) in [6.07, 6.45) is 1.65. The molecule has 4 nitrogen and oxygen atoms in total. The van der Waals surface area contributed by atoms with Crippen LogP contribution < -0.4 is 4.90 Å². The summed E-state index contributed by atoms with van der Waals surface area (Å²) in [5.41, 5.74) is 1.79. The molecule has 1 aromatic heterocycles. The highest BCUT2D eigenvalue weighted by Crippen LogP contribution is 2.23. The van der Waals surface area contributed by atoms with Crippen molar-refractivity contribution >= 4 is 17.3 Å². The highest BCUT2D eigenvalue weighted by molar-refractivity contribution is 6.30. The molecule has 0 N–H and O–H groups in total. The second-order valence-corrected chi connectivity index (χ2v) is 5.06. The van der Waals surface area contributed by atoms with Gasteiger partial charge in [-0.15, -0.1) is 0 Å². The van der Waals surface area contributed by atoms with Crippen LogP contribution in [0.5, 0.6) is 0 Å². The van der Waals surface area contributed by atoms with Crippen LogP contribution in [0.2, 0.25) is 5.02 Å². The third-order valence-corrected chi connectivity index (χ3v) is 3.43. The van der Waals surface area contributed by atoms with Crippen molar-refractivity contribution in [1.29, 1.82) is 0 Å².